The topological polar surface area (TPSA) is 59.2 Å². The van der Waals surface area contributed by atoms with E-state index < -0.39 is 0 Å². The monoisotopic (exact) mass is 391 g/mol. The third-order valence-electron chi connectivity index (χ3n) is 5.89. The molecule has 1 fully saturated rings. The maximum absolute atomic E-state index is 5.84. The Kier molecular flexibility index (Phi) is 6.27. The molecule has 2 N–H and O–H groups in total. The predicted octanol–water partition coefficient (Wildman–Crippen LogP) is 4.16. The van der Waals surface area contributed by atoms with E-state index in [4.69, 9.17) is 9.47 Å². The van der Waals surface area contributed by atoms with Gasteiger partial charge < -0.3 is 14.8 Å². The minimum Gasteiger partial charge on any atom is -0.494 e. The van der Waals surface area contributed by atoms with Gasteiger partial charge in [0.2, 0.25) is 0 Å². The van der Waals surface area contributed by atoms with E-state index in [1.54, 1.807) is 7.11 Å². The fourth-order valence-corrected chi connectivity index (χ4v) is 4.25. The second-order valence-corrected chi connectivity index (χ2v) is 7.62. The van der Waals surface area contributed by atoms with Crippen molar-refractivity contribution in [1.29, 1.82) is 0 Å². The van der Waals surface area contributed by atoms with E-state index >= 15 is 0 Å². The molecule has 0 amide bonds. The maximum atomic E-state index is 5.84. The van der Waals surface area contributed by atoms with Crippen LogP contribution < -0.4 is 10.1 Å². The van der Waals surface area contributed by atoms with E-state index in [2.05, 4.69) is 64.0 Å². The van der Waals surface area contributed by atoms with Crippen molar-refractivity contribution in [3.05, 3.63) is 72.1 Å². The summed E-state index contributed by atoms with van der Waals surface area (Å²) in [6.07, 6.45) is 6.87. The van der Waals surface area contributed by atoms with Gasteiger partial charge in [-0.05, 0) is 54.8 Å². The Morgan fingerprint density at radius 1 is 0.897 bits per heavy atom. The van der Waals surface area contributed by atoms with Crippen LogP contribution in [0.4, 0.5) is 0 Å². The molecule has 5 nitrogen and oxygen atoms in total. The molecule has 5 heteroatoms. The molecule has 0 radical (unpaired) electrons. The summed E-state index contributed by atoms with van der Waals surface area (Å²) in [4.78, 5) is 0. The second-order valence-electron chi connectivity index (χ2n) is 7.62. The average molecular weight is 392 g/mol. The molecule has 1 aliphatic rings. The summed E-state index contributed by atoms with van der Waals surface area (Å²) >= 11 is 0. The van der Waals surface area contributed by atoms with Gasteiger partial charge in [0.15, 0.2) is 0 Å². The van der Waals surface area contributed by atoms with Crippen LogP contribution in [0.5, 0.6) is 5.75 Å². The number of aromatic amines is 1. The molecule has 1 aromatic heterocycles. The molecule has 152 valence electrons. The number of benzene rings is 2. The van der Waals surface area contributed by atoms with Gasteiger partial charge in [-0.25, -0.2) is 0 Å². The molecule has 0 bridgehead atoms. The average Bonchev–Trinajstić information content (AvgIpc) is 3.33. The molecule has 3 aromatic rings. The van der Waals surface area contributed by atoms with Crippen LogP contribution in [-0.2, 0) is 10.2 Å². The van der Waals surface area contributed by atoms with Gasteiger partial charge in [0.25, 0.3) is 0 Å². The number of ether oxygens (including phenoxy) is 2. The fourth-order valence-electron chi connectivity index (χ4n) is 4.25. The number of piperidine rings is 1. The highest BCUT2D eigenvalue weighted by Crippen LogP contribution is 2.41. The molecule has 1 saturated heterocycles. The van der Waals surface area contributed by atoms with Crippen molar-refractivity contribution in [2.75, 3.05) is 33.4 Å². The molecule has 0 saturated carbocycles. The van der Waals surface area contributed by atoms with Crippen LogP contribution in [0.15, 0.2) is 60.9 Å². The first-order chi connectivity index (χ1) is 14.3. The SMILES string of the molecule is COCCCOc1ccc(C2(c3ccc(-c4cn[nH]c4)cc3)CCNCC2)cc1. The van der Waals surface area contributed by atoms with Crippen molar-refractivity contribution in [2.24, 2.45) is 0 Å². The van der Waals surface area contributed by atoms with Crippen molar-refractivity contribution in [2.45, 2.75) is 24.7 Å². The molecule has 4 rings (SSSR count). The zero-order chi connectivity index (χ0) is 19.9. The van der Waals surface area contributed by atoms with Gasteiger partial charge in [0.1, 0.15) is 5.75 Å². The summed E-state index contributed by atoms with van der Waals surface area (Å²) in [5.74, 6) is 0.921. The molecular weight excluding hydrogens is 362 g/mol. The maximum Gasteiger partial charge on any atom is 0.119 e. The first-order valence-electron chi connectivity index (χ1n) is 10.3. The number of nitrogens with one attached hydrogen (secondary N) is 2. The van der Waals surface area contributed by atoms with Crippen LogP contribution in [0.1, 0.15) is 30.4 Å². The highest BCUT2D eigenvalue weighted by molar-refractivity contribution is 5.62. The fraction of sp³-hybridized carbons (Fsp3) is 0.375. The smallest absolute Gasteiger partial charge is 0.119 e. The number of rotatable bonds is 8. The zero-order valence-electron chi connectivity index (χ0n) is 17.0. The number of H-pyrrole nitrogens is 1. The third kappa shape index (κ3) is 4.36. The lowest BCUT2D eigenvalue weighted by molar-refractivity contribution is 0.172. The van der Waals surface area contributed by atoms with Crippen LogP contribution in [-0.4, -0.2) is 43.6 Å². The predicted molar refractivity (Wildman–Crippen MR) is 115 cm³/mol. The molecule has 0 atom stereocenters. The van der Waals surface area contributed by atoms with Crippen LogP contribution in [0.3, 0.4) is 0 Å². The van der Waals surface area contributed by atoms with Crippen molar-refractivity contribution in [1.82, 2.24) is 15.5 Å². The van der Waals surface area contributed by atoms with Crippen molar-refractivity contribution in [3.8, 4) is 16.9 Å². The summed E-state index contributed by atoms with van der Waals surface area (Å²) in [7, 11) is 1.72. The molecule has 1 aliphatic heterocycles. The number of hydrogen-bond acceptors (Lipinski definition) is 4. The third-order valence-corrected chi connectivity index (χ3v) is 5.89. The normalized spacial score (nSPS) is 15.9. The number of aromatic nitrogens is 2. The molecule has 2 heterocycles. The Balaban J connectivity index is 1.57. The Bertz CT molecular complexity index is 868. The van der Waals surface area contributed by atoms with Crippen LogP contribution in [0.25, 0.3) is 11.1 Å². The number of methoxy groups -OCH3 is 1. The lowest BCUT2D eigenvalue weighted by atomic mass is 9.68. The van der Waals surface area contributed by atoms with Crippen molar-refractivity contribution < 1.29 is 9.47 Å². The minimum absolute atomic E-state index is 0.0365. The summed E-state index contributed by atoms with van der Waals surface area (Å²) in [6, 6.07) is 17.7. The van der Waals surface area contributed by atoms with Crippen LogP contribution in [0.2, 0.25) is 0 Å². The Labute approximate surface area is 172 Å². The number of hydrogen-bond donors (Lipinski definition) is 2. The lowest BCUT2D eigenvalue weighted by Gasteiger charge is -2.39. The van der Waals surface area contributed by atoms with Gasteiger partial charge in [-0.2, -0.15) is 5.10 Å². The molecular formula is C24H29N3O2. The largest absolute Gasteiger partial charge is 0.494 e. The molecule has 2 aromatic carbocycles. The van der Waals surface area contributed by atoms with Gasteiger partial charge in [-0.15, -0.1) is 0 Å². The summed E-state index contributed by atoms with van der Waals surface area (Å²) < 4.78 is 10.9. The van der Waals surface area contributed by atoms with Gasteiger partial charge in [-0.3, -0.25) is 5.10 Å². The van der Waals surface area contributed by atoms with E-state index in [1.165, 1.54) is 16.7 Å². The van der Waals surface area contributed by atoms with E-state index in [0.717, 1.165) is 50.3 Å². The molecule has 29 heavy (non-hydrogen) atoms. The van der Waals surface area contributed by atoms with Crippen molar-refractivity contribution in [3.63, 3.8) is 0 Å². The highest BCUT2D eigenvalue weighted by Gasteiger charge is 2.35. The zero-order valence-corrected chi connectivity index (χ0v) is 17.0. The van der Waals surface area contributed by atoms with Gasteiger partial charge >= 0.3 is 0 Å². The van der Waals surface area contributed by atoms with Gasteiger partial charge in [0, 0.05) is 37.3 Å². The first kappa shape index (κ1) is 19.7. The second kappa shape index (κ2) is 9.25. The van der Waals surface area contributed by atoms with Gasteiger partial charge in [0.05, 0.1) is 12.8 Å². The molecule has 0 spiro atoms. The highest BCUT2D eigenvalue weighted by atomic mass is 16.5. The number of nitrogens with zero attached hydrogens (tertiary/aromatic N) is 1. The van der Waals surface area contributed by atoms with Crippen LogP contribution in [0, 0.1) is 0 Å². The first-order valence-corrected chi connectivity index (χ1v) is 10.3. The van der Waals surface area contributed by atoms with E-state index in [-0.39, 0.29) is 5.41 Å². The Morgan fingerprint density at radius 2 is 1.59 bits per heavy atom. The summed E-state index contributed by atoms with van der Waals surface area (Å²) in [5.41, 5.74) is 5.07. The van der Waals surface area contributed by atoms with E-state index in [1.807, 2.05) is 12.4 Å². The standard InChI is InChI=1S/C24H29N3O2/c1-28-15-2-16-29-23-9-7-22(8-10-23)24(11-13-25-14-12-24)21-5-3-19(4-6-21)20-17-26-27-18-20/h3-10,17-18,25H,2,11-16H2,1H3,(H,26,27). The quantitative estimate of drug-likeness (QED) is 0.566. The Morgan fingerprint density at radius 3 is 2.21 bits per heavy atom. The molecule has 0 aliphatic carbocycles. The van der Waals surface area contributed by atoms with E-state index in [0.29, 0.717) is 6.61 Å². The van der Waals surface area contributed by atoms with E-state index in [9.17, 15) is 0 Å². The summed E-state index contributed by atoms with van der Waals surface area (Å²) in [6.45, 7) is 3.46. The van der Waals surface area contributed by atoms with Gasteiger partial charge in [-0.1, -0.05) is 36.4 Å². The Hall–Kier alpha value is -2.63. The molecule has 0 unspecified atom stereocenters. The minimum atomic E-state index is 0.0365. The summed E-state index contributed by atoms with van der Waals surface area (Å²) in [5, 5.41) is 10.5. The lowest BCUT2D eigenvalue weighted by Crippen LogP contribution is -2.40. The van der Waals surface area contributed by atoms with Crippen LogP contribution >= 0.6 is 0 Å². The van der Waals surface area contributed by atoms with Crippen molar-refractivity contribution >= 4 is 0 Å².